The van der Waals surface area contributed by atoms with Gasteiger partial charge in [-0.05, 0) is 55.9 Å². The molecule has 4 N–H and O–H groups in total. The second-order valence-corrected chi connectivity index (χ2v) is 7.58. The summed E-state index contributed by atoms with van der Waals surface area (Å²) >= 11 is 0. The highest BCUT2D eigenvalue weighted by Crippen LogP contribution is 2.41. The predicted octanol–water partition coefficient (Wildman–Crippen LogP) is 1.66. The molecule has 25 heavy (non-hydrogen) atoms. The highest BCUT2D eigenvalue weighted by Gasteiger charge is 2.40. The van der Waals surface area contributed by atoms with Crippen LogP contribution in [0.15, 0.2) is 4.79 Å². The van der Waals surface area contributed by atoms with E-state index in [0.29, 0.717) is 17.4 Å². The van der Waals surface area contributed by atoms with Gasteiger partial charge in [-0.25, -0.2) is 5.10 Å². The van der Waals surface area contributed by atoms with Gasteiger partial charge >= 0.3 is 0 Å². The van der Waals surface area contributed by atoms with Crippen LogP contribution in [0.3, 0.4) is 0 Å². The van der Waals surface area contributed by atoms with E-state index in [9.17, 15) is 9.59 Å². The molecule has 2 fully saturated rings. The Kier molecular flexibility index (Phi) is 5.57. The Hall–Kier alpha value is -1.69. The zero-order valence-corrected chi connectivity index (χ0v) is 15.3. The average Bonchev–Trinajstić information content (AvgIpc) is 2.59. The van der Waals surface area contributed by atoms with E-state index >= 15 is 0 Å². The van der Waals surface area contributed by atoms with Crippen molar-refractivity contribution in [3.05, 3.63) is 27.2 Å². The number of amides is 1. The first-order valence-electron chi connectivity index (χ1n) is 9.67. The molecule has 0 saturated heterocycles. The third-order valence-corrected chi connectivity index (χ3v) is 6.19. The molecular formula is C19H30N4O2. The second-order valence-electron chi connectivity index (χ2n) is 7.58. The third kappa shape index (κ3) is 3.64. The number of H-pyrrole nitrogens is 1. The number of aromatic amines is 1. The SMILES string of the molecule is CCc1n[nH]c(=O)c(CNC(=O)C2CC3CCCC(C2)C3N)c1CC. The lowest BCUT2D eigenvalue weighted by molar-refractivity contribution is -0.128. The minimum absolute atomic E-state index is 0.0340. The summed E-state index contributed by atoms with van der Waals surface area (Å²) < 4.78 is 0. The van der Waals surface area contributed by atoms with Crippen molar-refractivity contribution >= 4 is 5.91 Å². The van der Waals surface area contributed by atoms with E-state index in [0.717, 1.165) is 49.8 Å². The number of nitrogens with zero attached hydrogens (tertiary/aromatic N) is 1. The largest absolute Gasteiger partial charge is 0.352 e. The Balaban J connectivity index is 1.68. The Labute approximate surface area is 149 Å². The number of hydrogen-bond donors (Lipinski definition) is 3. The van der Waals surface area contributed by atoms with Gasteiger partial charge in [0.05, 0.1) is 5.69 Å². The molecule has 2 aliphatic rings. The van der Waals surface area contributed by atoms with Crippen molar-refractivity contribution in [1.82, 2.24) is 15.5 Å². The summed E-state index contributed by atoms with van der Waals surface area (Å²) in [6, 6.07) is 0.264. The molecule has 1 aromatic heterocycles. The van der Waals surface area contributed by atoms with E-state index in [1.165, 1.54) is 6.42 Å². The summed E-state index contributed by atoms with van der Waals surface area (Å²) in [6.07, 6.45) is 6.81. The van der Waals surface area contributed by atoms with Crippen LogP contribution in [0, 0.1) is 17.8 Å². The van der Waals surface area contributed by atoms with Crippen LogP contribution < -0.4 is 16.6 Å². The number of aryl methyl sites for hydroxylation is 1. The first-order chi connectivity index (χ1) is 12.0. The fraction of sp³-hybridized carbons (Fsp3) is 0.737. The normalized spacial score (nSPS) is 28.6. The molecule has 0 radical (unpaired) electrons. The summed E-state index contributed by atoms with van der Waals surface area (Å²) in [5, 5.41) is 9.70. The summed E-state index contributed by atoms with van der Waals surface area (Å²) in [5.41, 5.74) is 8.64. The molecule has 2 unspecified atom stereocenters. The lowest BCUT2D eigenvalue weighted by Crippen LogP contribution is -2.49. The van der Waals surface area contributed by atoms with Crippen molar-refractivity contribution in [2.75, 3.05) is 0 Å². The molecule has 2 aliphatic carbocycles. The first kappa shape index (κ1) is 18.1. The maximum atomic E-state index is 12.7. The molecule has 1 heterocycles. The number of carbonyl (C=O) groups excluding carboxylic acids is 1. The van der Waals surface area contributed by atoms with Gasteiger partial charge in [0.15, 0.2) is 0 Å². The van der Waals surface area contributed by atoms with Crippen molar-refractivity contribution in [2.45, 2.75) is 71.4 Å². The molecule has 6 nitrogen and oxygen atoms in total. The van der Waals surface area contributed by atoms with Crippen LogP contribution in [-0.2, 0) is 24.2 Å². The van der Waals surface area contributed by atoms with Gasteiger partial charge in [0.1, 0.15) is 0 Å². The van der Waals surface area contributed by atoms with Gasteiger partial charge in [0, 0.05) is 24.1 Å². The lowest BCUT2D eigenvalue weighted by atomic mass is 9.65. The van der Waals surface area contributed by atoms with E-state index in [1.54, 1.807) is 0 Å². The molecule has 138 valence electrons. The van der Waals surface area contributed by atoms with Gasteiger partial charge in [-0.2, -0.15) is 5.10 Å². The Morgan fingerprint density at radius 2 is 1.88 bits per heavy atom. The quantitative estimate of drug-likeness (QED) is 0.755. The van der Waals surface area contributed by atoms with Crippen LogP contribution in [0.4, 0.5) is 0 Å². The summed E-state index contributed by atoms with van der Waals surface area (Å²) in [5.74, 6) is 1.06. The van der Waals surface area contributed by atoms with Gasteiger partial charge in [-0.15, -0.1) is 0 Å². The molecule has 2 atom stereocenters. The van der Waals surface area contributed by atoms with Crippen LogP contribution in [0.1, 0.15) is 62.8 Å². The van der Waals surface area contributed by atoms with E-state index in [4.69, 9.17) is 5.73 Å². The van der Waals surface area contributed by atoms with Crippen molar-refractivity contribution < 1.29 is 4.79 Å². The zero-order valence-electron chi connectivity index (χ0n) is 15.3. The van der Waals surface area contributed by atoms with Crippen LogP contribution in [-0.4, -0.2) is 22.1 Å². The summed E-state index contributed by atoms with van der Waals surface area (Å²) in [7, 11) is 0. The predicted molar refractivity (Wildman–Crippen MR) is 97.0 cm³/mol. The minimum atomic E-state index is -0.197. The van der Waals surface area contributed by atoms with Gasteiger partial charge in [-0.1, -0.05) is 20.3 Å². The molecule has 2 saturated carbocycles. The molecule has 6 heteroatoms. The molecule has 0 aromatic carbocycles. The monoisotopic (exact) mass is 346 g/mol. The smallest absolute Gasteiger partial charge is 0.269 e. The number of carbonyl (C=O) groups is 1. The number of hydrogen-bond acceptors (Lipinski definition) is 4. The Morgan fingerprint density at radius 1 is 1.20 bits per heavy atom. The number of rotatable bonds is 5. The van der Waals surface area contributed by atoms with Crippen LogP contribution in [0.5, 0.6) is 0 Å². The summed E-state index contributed by atoms with van der Waals surface area (Å²) in [6.45, 7) is 4.32. The third-order valence-electron chi connectivity index (χ3n) is 6.19. The van der Waals surface area contributed by atoms with Crippen LogP contribution in [0.25, 0.3) is 0 Å². The fourth-order valence-corrected chi connectivity index (χ4v) is 4.78. The van der Waals surface area contributed by atoms with Gasteiger partial charge in [0.25, 0.3) is 5.56 Å². The maximum absolute atomic E-state index is 12.7. The topological polar surface area (TPSA) is 101 Å². The van der Waals surface area contributed by atoms with Crippen molar-refractivity contribution in [1.29, 1.82) is 0 Å². The lowest BCUT2D eigenvalue weighted by Gasteiger charge is -2.43. The number of nitrogens with two attached hydrogens (primary N) is 1. The van der Waals surface area contributed by atoms with E-state index in [-0.39, 0.29) is 30.0 Å². The zero-order chi connectivity index (χ0) is 18.0. The van der Waals surface area contributed by atoms with Gasteiger partial charge in [-0.3, -0.25) is 9.59 Å². The van der Waals surface area contributed by atoms with Crippen molar-refractivity contribution in [3.63, 3.8) is 0 Å². The highest BCUT2D eigenvalue weighted by molar-refractivity contribution is 5.78. The Morgan fingerprint density at radius 3 is 2.48 bits per heavy atom. The van der Waals surface area contributed by atoms with Crippen LogP contribution >= 0.6 is 0 Å². The summed E-state index contributed by atoms with van der Waals surface area (Å²) in [4.78, 5) is 24.9. The van der Waals surface area contributed by atoms with Gasteiger partial charge < -0.3 is 11.1 Å². The molecule has 2 bridgehead atoms. The van der Waals surface area contributed by atoms with E-state index in [2.05, 4.69) is 15.5 Å². The molecule has 1 aromatic rings. The number of fused-ring (bicyclic) bond motifs is 2. The molecule has 1 amide bonds. The minimum Gasteiger partial charge on any atom is -0.352 e. The highest BCUT2D eigenvalue weighted by atomic mass is 16.2. The fourth-order valence-electron chi connectivity index (χ4n) is 4.78. The molecular weight excluding hydrogens is 316 g/mol. The Bertz CT molecular complexity index is 670. The number of aromatic nitrogens is 2. The van der Waals surface area contributed by atoms with Crippen molar-refractivity contribution in [3.8, 4) is 0 Å². The van der Waals surface area contributed by atoms with Gasteiger partial charge in [0.2, 0.25) is 5.91 Å². The maximum Gasteiger partial charge on any atom is 0.269 e. The average molecular weight is 346 g/mol. The first-order valence-corrected chi connectivity index (χ1v) is 9.67. The second kappa shape index (κ2) is 7.68. The number of nitrogens with one attached hydrogen (secondary N) is 2. The van der Waals surface area contributed by atoms with E-state index in [1.807, 2.05) is 13.8 Å². The van der Waals surface area contributed by atoms with Crippen LogP contribution in [0.2, 0.25) is 0 Å². The van der Waals surface area contributed by atoms with E-state index < -0.39 is 0 Å². The molecule has 0 aliphatic heterocycles. The molecule has 0 spiro atoms. The van der Waals surface area contributed by atoms with Crippen molar-refractivity contribution in [2.24, 2.45) is 23.5 Å². The molecule has 3 rings (SSSR count). The standard InChI is InChI=1S/C19H30N4O2/c1-3-14-15(19(25)23-22-16(14)4-2)10-21-18(24)13-8-11-6-5-7-12(9-13)17(11)20/h11-13,17H,3-10,20H2,1-2H3,(H,21,24)(H,23,25).